The average Bonchev–Trinajstić information content (AvgIpc) is 2.48. The summed E-state index contributed by atoms with van der Waals surface area (Å²) >= 11 is 0. The normalized spacial score (nSPS) is 10.8. The topological polar surface area (TPSA) is 68.9 Å². The highest BCUT2D eigenvalue weighted by Gasteiger charge is 1.93. The predicted molar refractivity (Wildman–Crippen MR) is 97.6 cm³/mol. The number of aliphatic imine (C=N–C) groups is 1. The number of benzene rings is 1. The molecule has 0 amide bonds. The number of halogens is 1. The van der Waals surface area contributed by atoms with Crippen molar-refractivity contribution in [3.63, 3.8) is 0 Å². The van der Waals surface area contributed by atoms with Crippen LogP contribution in [-0.4, -0.2) is 38.9 Å². The van der Waals surface area contributed by atoms with E-state index in [1.807, 2.05) is 37.3 Å². The van der Waals surface area contributed by atoms with E-state index >= 15 is 0 Å². The van der Waals surface area contributed by atoms with Crippen LogP contribution in [0.3, 0.4) is 0 Å². The molecule has 0 heterocycles. The molecule has 1 aromatic carbocycles. The van der Waals surface area contributed by atoms with Crippen LogP contribution in [0.5, 0.6) is 5.75 Å². The van der Waals surface area contributed by atoms with Crippen LogP contribution in [0.1, 0.15) is 19.8 Å². The highest BCUT2D eigenvalue weighted by molar-refractivity contribution is 14.0. The fourth-order valence-corrected chi connectivity index (χ4v) is 1.56. The maximum absolute atomic E-state index is 5.74. The maximum Gasteiger partial charge on any atom is 0.188 e. The lowest BCUT2D eigenvalue weighted by Crippen LogP contribution is -2.33. The van der Waals surface area contributed by atoms with E-state index in [1.54, 1.807) is 0 Å². The van der Waals surface area contributed by atoms with Gasteiger partial charge in [-0.25, -0.2) is 0 Å². The summed E-state index contributed by atoms with van der Waals surface area (Å²) in [5.74, 6) is 1.37. The van der Waals surface area contributed by atoms with Gasteiger partial charge in [0.25, 0.3) is 0 Å². The molecule has 21 heavy (non-hydrogen) atoms. The molecule has 0 aromatic heterocycles. The lowest BCUT2D eigenvalue weighted by atomic mass is 10.3. The molecule has 0 radical (unpaired) electrons. The smallest absolute Gasteiger partial charge is 0.188 e. The van der Waals surface area contributed by atoms with E-state index in [0.717, 1.165) is 38.3 Å². The van der Waals surface area contributed by atoms with Gasteiger partial charge in [0.2, 0.25) is 0 Å². The van der Waals surface area contributed by atoms with Gasteiger partial charge in [0.15, 0.2) is 5.96 Å². The van der Waals surface area contributed by atoms with Gasteiger partial charge in [-0.2, -0.15) is 0 Å². The van der Waals surface area contributed by atoms with Crippen LogP contribution < -0.4 is 15.8 Å². The molecule has 0 saturated heterocycles. The Morgan fingerprint density at radius 3 is 2.67 bits per heavy atom. The molecule has 0 aliphatic rings. The first kappa shape index (κ1) is 20.0. The Bertz CT molecular complexity index is 374. The number of ether oxygens (including phenoxy) is 2. The van der Waals surface area contributed by atoms with Crippen molar-refractivity contribution in [2.45, 2.75) is 19.8 Å². The van der Waals surface area contributed by atoms with Crippen molar-refractivity contribution in [1.29, 1.82) is 0 Å². The quantitative estimate of drug-likeness (QED) is 0.271. The van der Waals surface area contributed by atoms with Crippen molar-refractivity contribution >= 4 is 29.9 Å². The fraction of sp³-hybridized carbons (Fsp3) is 0.533. The minimum Gasteiger partial charge on any atom is -0.494 e. The third kappa shape index (κ3) is 11.3. The van der Waals surface area contributed by atoms with E-state index in [-0.39, 0.29) is 24.0 Å². The Labute approximate surface area is 144 Å². The van der Waals surface area contributed by atoms with E-state index in [2.05, 4.69) is 10.3 Å². The number of hydrogen-bond donors (Lipinski definition) is 2. The van der Waals surface area contributed by atoms with Crippen molar-refractivity contribution in [3.05, 3.63) is 30.3 Å². The molecule has 0 aliphatic heterocycles. The van der Waals surface area contributed by atoms with Crippen LogP contribution in [0.15, 0.2) is 35.3 Å². The molecule has 1 rings (SSSR count). The van der Waals surface area contributed by atoms with Crippen LogP contribution >= 0.6 is 24.0 Å². The number of rotatable bonds is 10. The first-order valence-electron chi connectivity index (χ1n) is 7.12. The molecule has 6 heteroatoms. The number of guanidine groups is 1. The molecule has 120 valence electrons. The van der Waals surface area contributed by atoms with Gasteiger partial charge in [0.05, 0.1) is 6.61 Å². The summed E-state index contributed by atoms with van der Waals surface area (Å²) in [6, 6.07) is 9.76. The first-order valence-corrected chi connectivity index (χ1v) is 7.12. The summed E-state index contributed by atoms with van der Waals surface area (Å²) in [5, 5.41) is 3.06. The lowest BCUT2D eigenvalue weighted by Gasteiger charge is -2.06. The van der Waals surface area contributed by atoms with Crippen molar-refractivity contribution in [1.82, 2.24) is 5.32 Å². The van der Waals surface area contributed by atoms with Crippen LogP contribution in [0.2, 0.25) is 0 Å². The summed E-state index contributed by atoms with van der Waals surface area (Å²) in [4.78, 5) is 4.24. The third-order valence-electron chi connectivity index (χ3n) is 2.57. The number of hydrogen-bond acceptors (Lipinski definition) is 3. The second-order valence-corrected chi connectivity index (χ2v) is 4.26. The van der Waals surface area contributed by atoms with Gasteiger partial charge in [0.1, 0.15) is 5.75 Å². The molecule has 3 N–H and O–H groups in total. The largest absolute Gasteiger partial charge is 0.494 e. The number of nitrogens with two attached hydrogens (primary N) is 1. The van der Waals surface area contributed by atoms with Crippen molar-refractivity contribution < 1.29 is 9.47 Å². The molecule has 0 atom stereocenters. The minimum absolute atomic E-state index is 0. The number of nitrogens with one attached hydrogen (secondary N) is 1. The maximum atomic E-state index is 5.74. The zero-order chi connectivity index (χ0) is 14.5. The highest BCUT2D eigenvalue weighted by atomic mass is 127. The highest BCUT2D eigenvalue weighted by Crippen LogP contribution is 2.08. The first-order chi connectivity index (χ1) is 9.83. The zero-order valence-electron chi connectivity index (χ0n) is 12.6. The van der Waals surface area contributed by atoms with Gasteiger partial charge in [0, 0.05) is 32.7 Å². The van der Waals surface area contributed by atoms with E-state index in [9.17, 15) is 0 Å². The van der Waals surface area contributed by atoms with Crippen molar-refractivity contribution in [3.8, 4) is 5.75 Å². The summed E-state index contributed by atoms with van der Waals surface area (Å²) in [6.45, 7) is 5.59. The van der Waals surface area contributed by atoms with E-state index < -0.39 is 0 Å². The van der Waals surface area contributed by atoms with Gasteiger partial charge in [-0.3, -0.25) is 4.99 Å². The van der Waals surface area contributed by atoms with Crippen LogP contribution in [0, 0.1) is 0 Å². The zero-order valence-corrected chi connectivity index (χ0v) is 14.9. The summed E-state index contributed by atoms with van der Waals surface area (Å²) < 4.78 is 10.8. The molecule has 5 nitrogen and oxygen atoms in total. The van der Waals surface area contributed by atoms with Gasteiger partial charge in [-0.15, -0.1) is 24.0 Å². The third-order valence-corrected chi connectivity index (χ3v) is 2.57. The fourth-order valence-electron chi connectivity index (χ4n) is 1.56. The molecule has 0 bridgehead atoms. The van der Waals surface area contributed by atoms with Crippen LogP contribution in [0.25, 0.3) is 0 Å². The summed E-state index contributed by atoms with van der Waals surface area (Å²) in [6.07, 6.45) is 1.78. The molecule has 0 fully saturated rings. The van der Waals surface area contributed by atoms with E-state index in [1.165, 1.54) is 0 Å². The number of nitrogens with zero attached hydrogens (tertiary/aromatic N) is 1. The number of para-hydroxylation sites is 1. The van der Waals surface area contributed by atoms with E-state index in [4.69, 9.17) is 15.2 Å². The Balaban J connectivity index is 0.00000400. The van der Waals surface area contributed by atoms with Gasteiger partial charge < -0.3 is 20.5 Å². The monoisotopic (exact) mass is 407 g/mol. The minimum atomic E-state index is 0. The Hall–Kier alpha value is -1.02. The average molecular weight is 407 g/mol. The van der Waals surface area contributed by atoms with Crippen LogP contribution in [0.4, 0.5) is 0 Å². The van der Waals surface area contributed by atoms with Crippen molar-refractivity contribution in [2.75, 3.05) is 32.9 Å². The van der Waals surface area contributed by atoms with Crippen LogP contribution in [-0.2, 0) is 4.74 Å². The van der Waals surface area contributed by atoms with Gasteiger partial charge in [-0.1, -0.05) is 18.2 Å². The molecular formula is C15H26IN3O2. The Morgan fingerprint density at radius 2 is 1.95 bits per heavy atom. The molecule has 1 aromatic rings. The predicted octanol–water partition coefficient (Wildman–Crippen LogP) is 2.40. The second kappa shape index (κ2) is 13.9. The summed E-state index contributed by atoms with van der Waals surface area (Å²) in [5.41, 5.74) is 5.74. The molecule has 0 saturated carbocycles. The molecule has 0 aliphatic carbocycles. The standard InChI is InChI=1S/C15H25N3O2.HI/c1-2-19-12-6-10-17-15(16)18-11-7-13-20-14-8-4-3-5-9-14;/h3-5,8-9H,2,6-7,10-13H2,1H3,(H3,16,17,18);1H. The summed E-state index contributed by atoms with van der Waals surface area (Å²) in [7, 11) is 0. The van der Waals surface area contributed by atoms with Gasteiger partial charge in [-0.05, 0) is 25.5 Å². The van der Waals surface area contributed by atoms with Gasteiger partial charge >= 0.3 is 0 Å². The molecule has 0 spiro atoms. The van der Waals surface area contributed by atoms with E-state index in [0.29, 0.717) is 19.1 Å². The Kier molecular flexibility index (Phi) is 13.3. The SMILES string of the molecule is CCOCCCNC(N)=NCCCOc1ccccc1.I. The Morgan fingerprint density at radius 1 is 1.19 bits per heavy atom. The van der Waals surface area contributed by atoms with Crippen molar-refractivity contribution in [2.24, 2.45) is 10.7 Å². The molecular weight excluding hydrogens is 381 g/mol. The molecule has 0 unspecified atom stereocenters. The lowest BCUT2D eigenvalue weighted by molar-refractivity contribution is 0.145. The second-order valence-electron chi connectivity index (χ2n) is 4.26.